The molecule has 15 amide bonds. The third kappa shape index (κ3) is 49.9. The molecular weight excluding hydrogens is 1820 g/mol. The number of rotatable bonds is 74. The topological polar surface area (TPSA) is 794 Å². The molecule has 0 fully saturated rings. The lowest BCUT2D eigenvalue weighted by atomic mass is 10.00. The van der Waals surface area contributed by atoms with Crippen molar-refractivity contribution in [3.05, 3.63) is 108 Å². The number of carbonyl (C=O) groups is 16. The number of hydrogen-bond acceptors (Lipinski definition) is 25. The van der Waals surface area contributed by atoms with Crippen LogP contribution in [0.1, 0.15) is 219 Å². The van der Waals surface area contributed by atoms with Gasteiger partial charge in [0.15, 0.2) is 11.9 Å². The second-order valence-corrected chi connectivity index (χ2v) is 36.5. The lowest BCUT2D eigenvalue weighted by Crippen LogP contribution is -2.61. The van der Waals surface area contributed by atoms with E-state index in [0.717, 1.165) is 0 Å². The number of primary amides is 1. The predicted molar refractivity (Wildman–Crippen MR) is 536 cm³/mol. The highest BCUT2D eigenvalue weighted by Crippen LogP contribution is 2.19. The average Bonchev–Trinajstić information content (AvgIpc) is 0.849. The van der Waals surface area contributed by atoms with E-state index < -0.39 is 210 Å². The monoisotopic (exact) mass is 1980 g/mol. The number of guanidine groups is 2. The van der Waals surface area contributed by atoms with E-state index >= 15 is 33.6 Å². The Morgan fingerprint density at radius 2 is 0.489 bits per heavy atom. The van der Waals surface area contributed by atoms with Gasteiger partial charge in [-0.25, -0.2) is 0 Å². The normalized spacial score (nSPS) is 14.4. The van der Waals surface area contributed by atoms with Crippen molar-refractivity contribution in [1.82, 2.24) is 85.1 Å². The smallest absolute Gasteiger partial charge is 0.303 e. The van der Waals surface area contributed by atoms with E-state index in [2.05, 4.69) is 85.1 Å². The number of carboxylic acids is 1. The van der Waals surface area contributed by atoms with E-state index in [-0.39, 0.29) is 186 Å². The number of carbonyl (C=O) groups excluding carboxylic acids is 15. The maximum Gasteiger partial charge on any atom is 0.303 e. The Labute approximate surface area is 827 Å². The van der Waals surface area contributed by atoms with Crippen LogP contribution in [-0.2, 0) is 96.0 Å². The van der Waals surface area contributed by atoms with Crippen molar-refractivity contribution >= 4 is 106 Å². The number of hydrogen-bond donors (Lipinski definition) is 29. The van der Waals surface area contributed by atoms with E-state index in [1.54, 1.807) is 133 Å². The molecule has 0 bridgehead atoms. The van der Waals surface area contributed by atoms with E-state index in [1.807, 2.05) is 0 Å². The first-order valence-corrected chi connectivity index (χ1v) is 49.2. The van der Waals surface area contributed by atoms with Gasteiger partial charge in [-0.1, -0.05) is 133 Å². The minimum atomic E-state index is -1.56. The average molecular weight is 1980 g/mol. The molecule has 788 valence electrons. The third-order valence-corrected chi connectivity index (χ3v) is 23.4. The van der Waals surface area contributed by atoms with E-state index in [1.165, 1.54) is 0 Å². The lowest BCUT2D eigenvalue weighted by Gasteiger charge is -2.29. The van der Waals surface area contributed by atoms with Crippen LogP contribution in [0.15, 0.2) is 91.0 Å². The molecule has 3 rings (SSSR count). The molecule has 0 aliphatic carbocycles. The van der Waals surface area contributed by atoms with Gasteiger partial charge in [-0.2, -0.15) is 0 Å². The number of nitrogens with one attached hydrogen (secondary N) is 18. The lowest BCUT2D eigenvalue weighted by molar-refractivity contribution is -0.139. The van der Waals surface area contributed by atoms with Crippen LogP contribution in [-0.4, -0.2) is 255 Å². The Hall–Kier alpha value is -12.6. The van der Waals surface area contributed by atoms with Crippen LogP contribution < -0.4 is 142 Å². The molecule has 0 saturated heterocycles. The second-order valence-electron chi connectivity index (χ2n) is 36.5. The molecule has 0 unspecified atom stereocenters. The largest absolute Gasteiger partial charge is 0.481 e. The van der Waals surface area contributed by atoms with Crippen LogP contribution in [0.3, 0.4) is 0 Å². The molecule has 0 saturated carbocycles. The summed E-state index contributed by atoms with van der Waals surface area (Å²) < 4.78 is 0. The molecule has 45 nitrogen and oxygen atoms in total. The van der Waals surface area contributed by atoms with Crippen molar-refractivity contribution in [2.45, 2.75) is 312 Å². The van der Waals surface area contributed by atoms with E-state index in [4.69, 9.17) is 68.2 Å². The summed E-state index contributed by atoms with van der Waals surface area (Å²) in [5.74, 6) is -15.9. The third-order valence-electron chi connectivity index (χ3n) is 23.4. The summed E-state index contributed by atoms with van der Waals surface area (Å²) >= 11 is 0. The van der Waals surface area contributed by atoms with Gasteiger partial charge in [-0.3, -0.25) is 87.5 Å². The summed E-state index contributed by atoms with van der Waals surface area (Å²) in [7, 11) is 0. The van der Waals surface area contributed by atoms with Gasteiger partial charge < -0.3 is 148 Å². The molecular formula is C96H162N28O17. The number of benzene rings is 3. The molecule has 0 aliphatic heterocycles. The molecule has 39 N–H and O–H groups in total. The quantitative estimate of drug-likeness (QED) is 0.0151. The van der Waals surface area contributed by atoms with Crippen molar-refractivity contribution in [3.63, 3.8) is 0 Å². The van der Waals surface area contributed by atoms with Crippen molar-refractivity contribution in [1.29, 1.82) is 10.8 Å². The van der Waals surface area contributed by atoms with Crippen LogP contribution >= 0.6 is 0 Å². The second kappa shape index (κ2) is 69.3. The number of unbranched alkanes of at least 4 members (excludes halogenated alkanes) is 6. The van der Waals surface area contributed by atoms with Gasteiger partial charge in [0.05, 0.1) is 6.04 Å². The molecule has 141 heavy (non-hydrogen) atoms. The van der Waals surface area contributed by atoms with E-state index in [0.29, 0.717) is 68.2 Å². The predicted octanol–water partition coefficient (Wildman–Crippen LogP) is -3.16. The van der Waals surface area contributed by atoms with Crippen LogP contribution in [0.4, 0.5) is 0 Å². The van der Waals surface area contributed by atoms with Gasteiger partial charge in [0.25, 0.3) is 0 Å². The summed E-state index contributed by atoms with van der Waals surface area (Å²) in [6.45, 7) is 11.6. The van der Waals surface area contributed by atoms with Gasteiger partial charge in [0, 0.05) is 38.8 Å². The Bertz CT molecular complexity index is 4370. The van der Waals surface area contributed by atoms with Gasteiger partial charge in [-0.15, -0.1) is 0 Å². The molecule has 0 aliphatic rings. The standard InChI is InChI=1S/C96H162N28O17/c1-58(2)54-73(90(137)115-65(37-17-23-47-98)81(128)111-64(36-16-22-46-97)83(130)118-72(44-45-77(125)126)89(136)124-79(60(5)6)80(104)127)120-86(133)67(39-19-25-49-100)113-85(132)70(42-28-52-109-95(105)106)117-92(139)75(56-62-32-12-8-13-33-62)123-93(140)76(57-63-34-14-9-15-35-63)122-87(134)68(40-20-26-50-101)112-82(129)66(38-18-24-48-99)116-91(138)74(55-61-30-10-7-11-31-61)121-88(135)71(43-29-53-110-96(107)108)114-84(131)69(41-21-27-51-102)119-94(141)78(103)59(3)4/h7-15,30-35,58-60,64-76,78-79H,16-29,36-57,97-103H2,1-6H3,(H2,104,127)(H,111,128)(H,112,129)(H,113,132)(H,114,131)(H,115,137)(H,116,138)(H,117,139)(H,118,130)(H,119,141)(H,120,133)(H,121,135)(H,122,134)(H,123,140)(H,124,136)(H,125,126)(H4,105,106,109)(H4,107,108,110)/t64-,65-,66-,67-,68-,69-,70-,71-,72-,73-,74-,75-,76-,78-,79-/m0/s1. The highest BCUT2D eigenvalue weighted by Gasteiger charge is 2.40. The first kappa shape index (κ1) is 123. The molecule has 0 radical (unpaired) electrons. The summed E-state index contributed by atoms with van der Waals surface area (Å²) in [4.78, 5) is 231. The van der Waals surface area contributed by atoms with E-state index in [9.17, 15) is 48.3 Å². The van der Waals surface area contributed by atoms with Crippen LogP contribution in [0.5, 0.6) is 0 Å². The molecule has 0 spiro atoms. The zero-order valence-corrected chi connectivity index (χ0v) is 82.8. The fourth-order valence-corrected chi connectivity index (χ4v) is 15.2. The van der Waals surface area contributed by atoms with Gasteiger partial charge in [0.2, 0.25) is 88.6 Å². The van der Waals surface area contributed by atoms with Crippen LogP contribution in [0, 0.1) is 28.6 Å². The van der Waals surface area contributed by atoms with Gasteiger partial charge in [-0.05, 0) is 228 Å². The molecule has 3 aromatic rings. The molecule has 15 atom stereocenters. The molecule has 0 aromatic heterocycles. The summed E-state index contributed by atoms with van der Waals surface area (Å²) in [6, 6.07) is 4.84. The van der Waals surface area contributed by atoms with Crippen molar-refractivity contribution < 1.29 is 81.8 Å². The van der Waals surface area contributed by atoms with Gasteiger partial charge >= 0.3 is 5.97 Å². The Balaban J connectivity index is 2.16. The fourth-order valence-electron chi connectivity index (χ4n) is 15.2. The van der Waals surface area contributed by atoms with Gasteiger partial charge in [0.1, 0.15) is 84.6 Å². The number of nitrogens with two attached hydrogens (primary N) is 10. The minimum Gasteiger partial charge on any atom is -0.481 e. The maximum atomic E-state index is 15.5. The SMILES string of the molecule is CC(C)C[C@H](NC(=O)[C@H](CCCCN)NC(=O)[C@H](CCCNC(=N)N)NC(=O)[C@H](Cc1ccccc1)NC(=O)[C@H](Cc1ccccc1)NC(=O)[C@H](CCCCN)NC(=O)[C@H](CCCCN)NC(=O)[C@H](Cc1ccccc1)NC(=O)[C@H](CCCNC(=N)N)NC(=O)[C@H](CCCCN)NC(=O)[C@@H](N)C(C)C)C(=O)N[C@@H](CCCCN)C(=O)N[C@@H](CCCCN)C(=O)N[C@@H](CCC(=O)O)C(=O)N[C@H](C(N)=O)C(C)C. The van der Waals surface area contributed by atoms with Crippen LogP contribution in [0.2, 0.25) is 0 Å². The van der Waals surface area contributed by atoms with Crippen molar-refractivity contribution in [2.75, 3.05) is 52.4 Å². The highest BCUT2D eigenvalue weighted by atomic mass is 16.4. The molecule has 3 aromatic carbocycles. The first-order chi connectivity index (χ1) is 67.2. The Morgan fingerprint density at radius 3 is 0.709 bits per heavy atom. The molecule has 45 heteroatoms. The Kier molecular flexibility index (Phi) is 60.3. The van der Waals surface area contributed by atoms with Crippen molar-refractivity contribution in [3.8, 4) is 0 Å². The van der Waals surface area contributed by atoms with Crippen LogP contribution in [0.25, 0.3) is 0 Å². The first-order valence-electron chi connectivity index (χ1n) is 49.2. The Morgan fingerprint density at radius 1 is 0.277 bits per heavy atom. The summed E-state index contributed by atoms with van der Waals surface area (Å²) in [5.41, 5.74) is 60.2. The minimum absolute atomic E-state index is 0.00509. The summed E-state index contributed by atoms with van der Waals surface area (Å²) in [5, 5.41) is 69.0. The number of carboxylic acid groups (broad SMARTS) is 1. The maximum absolute atomic E-state index is 15.5. The number of amides is 15. The summed E-state index contributed by atoms with van der Waals surface area (Å²) in [6.07, 6.45) is 2.30. The molecule has 0 heterocycles. The zero-order valence-electron chi connectivity index (χ0n) is 82.8. The number of aliphatic carboxylic acids is 1. The zero-order chi connectivity index (χ0) is 105. The van der Waals surface area contributed by atoms with Crippen molar-refractivity contribution in [2.24, 2.45) is 75.1 Å². The highest BCUT2D eigenvalue weighted by molar-refractivity contribution is 6.01. The fraction of sp³-hybridized carbons (Fsp3) is 0.625.